The molecule has 0 atom stereocenters. The zero-order valence-electron chi connectivity index (χ0n) is 15.8. The van der Waals surface area contributed by atoms with Crippen molar-refractivity contribution in [1.82, 2.24) is 15.6 Å². The van der Waals surface area contributed by atoms with E-state index >= 15 is 0 Å². The summed E-state index contributed by atoms with van der Waals surface area (Å²) in [5.41, 5.74) is 1.28. The second-order valence-corrected chi connectivity index (χ2v) is 8.48. The molecule has 1 aromatic rings. The normalized spacial score (nSPS) is 21.6. The van der Waals surface area contributed by atoms with Crippen LogP contribution < -0.4 is 10.6 Å². The van der Waals surface area contributed by atoms with Gasteiger partial charge in [-0.15, -0.1) is 35.3 Å². The average Bonchev–Trinajstić information content (AvgIpc) is 2.99. The van der Waals surface area contributed by atoms with Crippen LogP contribution in [0.25, 0.3) is 0 Å². The average molecular weight is 480 g/mol. The third kappa shape index (κ3) is 7.78. The number of halogens is 1. The Morgan fingerprint density at radius 3 is 2.56 bits per heavy atom. The lowest BCUT2D eigenvalue weighted by Crippen LogP contribution is -2.45. The Hall–Kier alpha value is -0.410. The van der Waals surface area contributed by atoms with Crippen LogP contribution in [-0.2, 0) is 11.8 Å². The second-order valence-electron chi connectivity index (χ2n) is 7.54. The number of rotatable bonds is 5. The summed E-state index contributed by atoms with van der Waals surface area (Å²) in [7, 11) is 0. The summed E-state index contributed by atoms with van der Waals surface area (Å²) in [6.07, 6.45) is 4.53. The highest BCUT2D eigenvalue weighted by atomic mass is 127. The van der Waals surface area contributed by atoms with Crippen LogP contribution in [0.4, 0.5) is 0 Å². The standard InChI is InChI=1S/C18H32N4OS.HI/c1-5-19-17(21-13-6-8-14(23)9-7-13)20-11-10-16-22-15(12-24-16)18(2,3)4;/h12-14,23H,5-11H2,1-4H3,(H2,19,20,21);1H. The third-order valence-electron chi connectivity index (χ3n) is 4.30. The molecule has 1 saturated carbocycles. The van der Waals surface area contributed by atoms with Gasteiger partial charge in [0, 0.05) is 36.3 Å². The van der Waals surface area contributed by atoms with Gasteiger partial charge in [0.05, 0.1) is 16.8 Å². The van der Waals surface area contributed by atoms with Crippen LogP contribution in [0.2, 0.25) is 0 Å². The molecule has 1 aliphatic rings. The first kappa shape index (κ1) is 22.6. The number of aromatic nitrogens is 1. The van der Waals surface area contributed by atoms with Gasteiger partial charge in [-0.2, -0.15) is 0 Å². The summed E-state index contributed by atoms with van der Waals surface area (Å²) in [6, 6.07) is 0.415. The molecule has 1 heterocycles. The van der Waals surface area contributed by atoms with E-state index in [0.29, 0.717) is 6.04 Å². The molecule has 2 rings (SSSR count). The molecule has 7 heteroatoms. The molecule has 0 radical (unpaired) electrons. The molecule has 1 fully saturated rings. The maximum absolute atomic E-state index is 9.61. The lowest BCUT2D eigenvalue weighted by atomic mass is 9.93. The Morgan fingerprint density at radius 1 is 1.32 bits per heavy atom. The van der Waals surface area contributed by atoms with E-state index in [1.165, 1.54) is 0 Å². The molecular formula is C18H33IN4OS. The van der Waals surface area contributed by atoms with Gasteiger partial charge in [-0.1, -0.05) is 20.8 Å². The summed E-state index contributed by atoms with van der Waals surface area (Å²) in [6.45, 7) is 10.3. The van der Waals surface area contributed by atoms with Gasteiger partial charge in [-0.25, -0.2) is 4.98 Å². The first-order chi connectivity index (χ1) is 11.4. The number of aliphatic imine (C=N–C) groups is 1. The second kappa shape index (κ2) is 10.7. The lowest BCUT2D eigenvalue weighted by molar-refractivity contribution is 0.120. The molecule has 1 aromatic heterocycles. The highest BCUT2D eigenvalue weighted by Gasteiger charge is 2.20. The van der Waals surface area contributed by atoms with E-state index in [9.17, 15) is 5.11 Å². The lowest BCUT2D eigenvalue weighted by Gasteiger charge is -2.27. The Kier molecular flexibility index (Phi) is 9.66. The fraction of sp³-hybridized carbons (Fsp3) is 0.778. The molecule has 0 aromatic carbocycles. The van der Waals surface area contributed by atoms with E-state index in [1.807, 2.05) is 0 Å². The molecule has 0 saturated heterocycles. The van der Waals surface area contributed by atoms with Gasteiger partial charge in [0.15, 0.2) is 5.96 Å². The molecule has 1 aliphatic carbocycles. The van der Waals surface area contributed by atoms with Crippen molar-refractivity contribution in [2.24, 2.45) is 4.99 Å². The molecular weight excluding hydrogens is 447 g/mol. The van der Waals surface area contributed by atoms with E-state index in [-0.39, 0.29) is 35.5 Å². The number of hydrogen-bond acceptors (Lipinski definition) is 4. The Morgan fingerprint density at radius 2 is 2.00 bits per heavy atom. The van der Waals surface area contributed by atoms with Crippen molar-refractivity contribution < 1.29 is 5.11 Å². The Labute approximate surface area is 173 Å². The molecule has 0 aliphatic heterocycles. The molecule has 3 N–H and O–H groups in total. The highest BCUT2D eigenvalue weighted by Crippen LogP contribution is 2.24. The number of nitrogens with one attached hydrogen (secondary N) is 2. The van der Waals surface area contributed by atoms with Gasteiger partial charge < -0.3 is 15.7 Å². The summed E-state index contributed by atoms with van der Waals surface area (Å²) in [5, 5.41) is 19.7. The highest BCUT2D eigenvalue weighted by molar-refractivity contribution is 14.0. The van der Waals surface area contributed by atoms with Gasteiger partial charge in [0.25, 0.3) is 0 Å². The van der Waals surface area contributed by atoms with E-state index < -0.39 is 0 Å². The molecule has 144 valence electrons. The number of nitrogens with zero attached hydrogens (tertiary/aromatic N) is 2. The fourth-order valence-corrected chi connectivity index (χ4v) is 3.78. The zero-order chi connectivity index (χ0) is 17.6. The predicted molar refractivity (Wildman–Crippen MR) is 117 cm³/mol. The Bertz CT molecular complexity index is 533. The molecule has 5 nitrogen and oxygen atoms in total. The summed E-state index contributed by atoms with van der Waals surface area (Å²) < 4.78 is 0. The smallest absolute Gasteiger partial charge is 0.191 e. The molecule has 0 spiro atoms. The van der Waals surface area contributed by atoms with Gasteiger partial charge in [0.1, 0.15) is 0 Å². The monoisotopic (exact) mass is 480 g/mol. The van der Waals surface area contributed by atoms with Crippen molar-refractivity contribution in [3.63, 3.8) is 0 Å². The van der Waals surface area contributed by atoms with E-state index in [1.54, 1.807) is 11.3 Å². The van der Waals surface area contributed by atoms with Gasteiger partial charge in [-0.05, 0) is 32.6 Å². The maximum atomic E-state index is 9.61. The number of aliphatic hydroxyl groups excluding tert-OH is 1. The minimum Gasteiger partial charge on any atom is -0.393 e. The molecule has 0 amide bonds. The van der Waals surface area contributed by atoms with Crippen molar-refractivity contribution in [1.29, 1.82) is 0 Å². The summed E-state index contributed by atoms with van der Waals surface area (Å²) in [4.78, 5) is 9.42. The first-order valence-corrected chi connectivity index (χ1v) is 9.94. The van der Waals surface area contributed by atoms with Gasteiger partial charge in [-0.3, -0.25) is 4.99 Å². The molecule has 0 bridgehead atoms. The van der Waals surface area contributed by atoms with E-state index in [2.05, 4.69) is 43.7 Å². The minimum atomic E-state index is -0.121. The van der Waals surface area contributed by atoms with Crippen LogP contribution in [0.15, 0.2) is 10.4 Å². The van der Waals surface area contributed by atoms with Gasteiger partial charge >= 0.3 is 0 Å². The number of thiazole rings is 1. The van der Waals surface area contributed by atoms with Crippen LogP contribution in [0, 0.1) is 0 Å². The largest absolute Gasteiger partial charge is 0.393 e. The summed E-state index contributed by atoms with van der Waals surface area (Å²) >= 11 is 1.73. The van der Waals surface area contributed by atoms with Crippen molar-refractivity contribution in [3.05, 3.63) is 16.1 Å². The van der Waals surface area contributed by atoms with Gasteiger partial charge in [0.2, 0.25) is 0 Å². The van der Waals surface area contributed by atoms with Crippen molar-refractivity contribution in [3.8, 4) is 0 Å². The van der Waals surface area contributed by atoms with Crippen molar-refractivity contribution in [2.45, 2.75) is 77.4 Å². The zero-order valence-corrected chi connectivity index (χ0v) is 19.0. The van der Waals surface area contributed by atoms with Crippen LogP contribution in [0.3, 0.4) is 0 Å². The predicted octanol–water partition coefficient (Wildman–Crippen LogP) is 3.46. The quantitative estimate of drug-likeness (QED) is 0.343. The van der Waals surface area contributed by atoms with Crippen LogP contribution in [-0.4, -0.2) is 41.3 Å². The van der Waals surface area contributed by atoms with Crippen molar-refractivity contribution >= 4 is 41.3 Å². The van der Waals surface area contributed by atoms with Crippen LogP contribution in [0.5, 0.6) is 0 Å². The fourth-order valence-electron chi connectivity index (χ4n) is 2.77. The number of hydrogen-bond donors (Lipinski definition) is 3. The number of guanidine groups is 1. The topological polar surface area (TPSA) is 69.5 Å². The first-order valence-electron chi connectivity index (χ1n) is 9.06. The van der Waals surface area contributed by atoms with E-state index in [4.69, 9.17) is 9.98 Å². The molecule has 25 heavy (non-hydrogen) atoms. The van der Waals surface area contributed by atoms with E-state index in [0.717, 1.165) is 61.9 Å². The number of aliphatic hydroxyl groups is 1. The Balaban J connectivity index is 0.00000312. The van der Waals surface area contributed by atoms with Crippen LogP contribution in [0.1, 0.15) is 64.1 Å². The molecule has 0 unspecified atom stereocenters. The van der Waals surface area contributed by atoms with Crippen LogP contribution >= 0.6 is 35.3 Å². The minimum absolute atomic E-state index is 0. The SMILES string of the molecule is CCNC(=NCCc1nc(C(C)(C)C)cs1)NC1CCC(O)CC1.I. The third-order valence-corrected chi connectivity index (χ3v) is 5.21. The van der Waals surface area contributed by atoms with Crippen molar-refractivity contribution in [2.75, 3.05) is 13.1 Å². The summed E-state index contributed by atoms with van der Waals surface area (Å²) in [5.74, 6) is 0.881. The maximum Gasteiger partial charge on any atom is 0.191 e.